The van der Waals surface area contributed by atoms with Crippen molar-refractivity contribution in [2.75, 3.05) is 11.9 Å². The molecule has 0 saturated heterocycles. The van der Waals surface area contributed by atoms with E-state index in [1.54, 1.807) is 31.2 Å². The Balaban J connectivity index is 1.64. The molecule has 0 atom stereocenters. The molecule has 166 valence electrons. The molecule has 0 aromatic heterocycles. The van der Waals surface area contributed by atoms with Crippen LogP contribution in [-0.4, -0.2) is 26.9 Å². The smallest absolute Gasteiger partial charge is 0.338 e. The number of hydrogen-bond donors (Lipinski definition) is 2. The number of aryl methyl sites for hydroxylation is 2. The third-order valence-corrected chi connectivity index (χ3v) is 5.53. The summed E-state index contributed by atoms with van der Waals surface area (Å²) in [6.45, 7) is 2.94. The topological polar surface area (TPSA) is 125 Å². The van der Waals surface area contributed by atoms with E-state index in [4.69, 9.17) is 14.6 Å². The van der Waals surface area contributed by atoms with E-state index in [1.807, 2.05) is 31.2 Å². The standard InChI is InChI=1S/C23H22N2O6S/c1-15-7-11-18(12-8-15)31-20-6-4-3-5-19(20)25-22(26)14-30-23(27)17-10-9-16(2)21(13-17)32(24,28)29/h3-13H,14H2,1-2H3,(H,25,26)(H2,24,28,29). The summed E-state index contributed by atoms with van der Waals surface area (Å²) in [5.41, 5.74) is 1.86. The predicted molar refractivity (Wildman–Crippen MR) is 119 cm³/mol. The molecule has 0 heterocycles. The van der Waals surface area contributed by atoms with Gasteiger partial charge in [0.05, 0.1) is 16.1 Å². The summed E-state index contributed by atoms with van der Waals surface area (Å²) in [5.74, 6) is -0.410. The van der Waals surface area contributed by atoms with Gasteiger partial charge in [-0.25, -0.2) is 18.4 Å². The van der Waals surface area contributed by atoms with Crippen LogP contribution in [0.15, 0.2) is 71.6 Å². The molecule has 8 nitrogen and oxygen atoms in total. The van der Waals surface area contributed by atoms with Gasteiger partial charge in [-0.2, -0.15) is 0 Å². The van der Waals surface area contributed by atoms with Crippen molar-refractivity contribution in [3.05, 3.63) is 83.4 Å². The number of amides is 1. The lowest BCUT2D eigenvalue weighted by Crippen LogP contribution is -2.21. The molecule has 3 N–H and O–H groups in total. The van der Waals surface area contributed by atoms with E-state index in [2.05, 4.69) is 5.32 Å². The molecule has 0 bridgehead atoms. The fourth-order valence-electron chi connectivity index (χ4n) is 2.83. The fourth-order valence-corrected chi connectivity index (χ4v) is 3.63. The number of anilines is 1. The summed E-state index contributed by atoms with van der Waals surface area (Å²) in [7, 11) is -4.00. The summed E-state index contributed by atoms with van der Waals surface area (Å²) in [5, 5.41) is 7.79. The number of sulfonamides is 1. The molecular formula is C23H22N2O6S. The first-order valence-corrected chi connectivity index (χ1v) is 11.1. The molecule has 32 heavy (non-hydrogen) atoms. The van der Waals surface area contributed by atoms with Gasteiger partial charge in [0.1, 0.15) is 5.75 Å². The first-order valence-electron chi connectivity index (χ1n) is 9.57. The summed E-state index contributed by atoms with van der Waals surface area (Å²) >= 11 is 0. The van der Waals surface area contributed by atoms with Crippen molar-refractivity contribution in [2.24, 2.45) is 5.14 Å². The number of nitrogens with two attached hydrogens (primary N) is 1. The van der Waals surface area contributed by atoms with E-state index in [9.17, 15) is 18.0 Å². The van der Waals surface area contributed by atoms with Crippen LogP contribution in [0.3, 0.4) is 0 Å². The van der Waals surface area contributed by atoms with Gasteiger partial charge in [-0.3, -0.25) is 4.79 Å². The number of benzene rings is 3. The molecule has 3 aromatic carbocycles. The van der Waals surface area contributed by atoms with Crippen molar-refractivity contribution in [2.45, 2.75) is 18.7 Å². The monoisotopic (exact) mass is 454 g/mol. The lowest BCUT2D eigenvalue weighted by molar-refractivity contribution is -0.119. The number of esters is 1. The summed E-state index contributed by atoms with van der Waals surface area (Å²) in [6, 6.07) is 18.2. The van der Waals surface area contributed by atoms with E-state index in [0.717, 1.165) is 11.6 Å². The second-order valence-electron chi connectivity index (χ2n) is 7.06. The number of ether oxygens (including phenoxy) is 2. The quantitative estimate of drug-likeness (QED) is 0.526. The van der Waals surface area contributed by atoms with Crippen molar-refractivity contribution in [1.82, 2.24) is 0 Å². The maximum Gasteiger partial charge on any atom is 0.338 e. The summed E-state index contributed by atoms with van der Waals surface area (Å²) < 4.78 is 34.1. The van der Waals surface area contributed by atoms with Crippen molar-refractivity contribution < 1.29 is 27.5 Å². The highest BCUT2D eigenvalue weighted by atomic mass is 32.2. The maximum absolute atomic E-state index is 12.3. The number of nitrogens with one attached hydrogen (secondary N) is 1. The van der Waals surface area contributed by atoms with Gasteiger partial charge >= 0.3 is 5.97 Å². The third kappa shape index (κ3) is 5.93. The first kappa shape index (κ1) is 23.0. The average molecular weight is 455 g/mol. The fraction of sp³-hybridized carbons (Fsp3) is 0.130. The van der Waals surface area contributed by atoms with Gasteiger partial charge in [0.2, 0.25) is 10.0 Å². The Kier molecular flexibility index (Phi) is 6.92. The molecule has 1 amide bonds. The molecule has 0 aliphatic heterocycles. The minimum absolute atomic E-state index is 0.0319. The number of carbonyl (C=O) groups is 2. The lowest BCUT2D eigenvalue weighted by Gasteiger charge is -2.13. The van der Waals surface area contributed by atoms with Crippen LogP contribution in [0.25, 0.3) is 0 Å². The van der Waals surface area contributed by atoms with E-state index < -0.39 is 28.5 Å². The Labute approximate surface area is 186 Å². The van der Waals surface area contributed by atoms with Crippen LogP contribution in [0.2, 0.25) is 0 Å². The molecule has 0 radical (unpaired) electrons. The minimum Gasteiger partial charge on any atom is -0.455 e. The molecule has 0 spiro atoms. The van der Waals surface area contributed by atoms with Gasteiger partial charge in [-0.15, -0.1) is 0 Å². The second kappa shape index (κ2) is 9.63. The van der Waals surface area contributed by atoms with Crippen molar-refractivity contribution in [1.29, 1.82) is 0 Å². The van der Waals surface area contributed by atoms with Gasteiger partial charge in [0, 0.05) is 0 Å². The van der Waals surface area contributed by atoms with Crippen LogP contribution in [0.4, 0.5) is 5.69 Å². The number of carbonyl (C=O) groups excluding carboxylic acids is 2. The van der Waals surface area contributed by atoms with Crippen LogP contribution in [0.5, 0.6) is 11.5 Å². The zero-order chi connectivity index (χ0) is 23.3. The molecule has 0 fully saturated rings. The third-order valence-electron chi connectivity index (χ3n) is 4.47. The molecule has 3 rings (SSSR count). The lowest BCUT2D eigenvalue weighted by atomic mass is 10.1. The van der Waals surface area contributed by atoms with E-state index in [0.29, 0.717) is 22.7 Å². The molecule has 3 aromatic rings. The first-order chi connectivity index (χ1) is 15.1. The Hall–Kier alpha value is -3.69. The van der Waals surface area contributed by atoms with E-state index in [-0.39, 0.29) is 10.5 Å². The van der Waals surface area contributed by atoms with Crippen LogP contribution in [0.1, 0.15) is 21.5 Å². The van der Waals surface area contributed by atoms with Crippen LogP contribution in [0, 0.1) is 13.8 Å². The zero-order valence-corrected chi connectivity index (χ0v) is 18.3. The zero-order valence-electron chi connectivity index (χ0n) is 17.5. The molecule has 0 aliphatic carbocycles. The average Bonchev–Trinajstić information content (AvgIpc) is 2.74. The predicted octanol–water partition coefficient (Wildman–Crippen LogP) is 3.54. The molecule has 0 unspecified atom stereocenters. The van der Waals surface area contributed by atoms with Crippen LogP contribution in [-0.2, 0) is 19.6 Å². The van der Waals surface area contributed by atoms with Gasteiger partial charge in [0.25, 0.3) is 5.91 Å². The molecule has 0 aliphatic rings. The second-order valence-corrected chi connectivity index (χ2v) is 8.59. The molecule has 9 heteroatoms. The van der Waals surface area contributed by atoms with Gasteiger partial charge in [-0.05, 0) is 55.8 Å². The Morgan fingerprint density at radius 3 is 2.34 bits per heavy atom. The van der Waals surface area contributed by atoms with Crippen molar-refractivity contribution in [3.8, 4) is 11.5 Å². The molecular weight excluding hydrogens is 432 g/mol. The number of para-hydroxylation sites is 2. The maximum atomic E-state index is 12.3. The summed E-state index contributed by atoms with van der Waals surface area (Å²) in [4.78, 5) is 24.4. The van der Waals surface area contributed by atoms with Crippen LogP contribution < -0.4 is 15.2 Å². The Morgan fingerprint density at radius 2 is 1.66 bits per heavy atom. The number of hydrogen-bond acceptors (Lipinski definition) is 6. The van der Waals surface area contributed by atoms with E-state index >= 15 is 0 Å². The summed E-state index contributed by atoms with van der Waals surface area (Å²) in [6.07, 6.45) is 0. The normalized spacial score (nSPS) is 11.0. The largest absolute Gasteiger partial charge is 0.455 e. The highest BCUT2D eigenvalue weighted by molar-refractivity contribution is 7.89. The molecule has 0 saturated carbocycles. The van der Waals surface area contributed by atoms with Crippen molar-refractivity contribution in [3.63, 3.8) is 0 Å². The number of rotatable bonds is 7. The highest BCUT2D eigenvalue weighted by Crippen LogP contribution is 2.29. The highest BCUT2D eigenvalue weighted by Gasteiger charge is 2.17. The number of primary sulfonamides is 1. The Bertz CT molecular complexity index is 1250. The van der Waals surface area contributed by atoms with E-state index in [1.165, 1.54) is 12.1 Å². The van der Waals surface area contributed by atoms with Gasteiger partial charge < -0.3 is 14.8 Å². The van der Waals surface area contributed by atoms with Crippen molar-refractivity contribution >= 4 is 27.6 Å². The van der Waals surface area contributed by atoms with Gasteiger partial charge in [0.15, 0.2) is 12.4 Å². The van der Waals surface area contributed by atoms with Crippen LogP contribution >= 0.6 is 0 Å². The Morgan fingerprint density at radius 1 is 0.969 bits per heavy atom. The van der Waals surface area contributed by atoms with Gasteiger partial charge in [-0.1, -0.05) is 35.9 Å². The minimum atomic E-state index is -4.00. The SMILES string of the molecule is Cc1ccc(Oc2ccccc2NC(=O)COC(=O)c2ccc(C)c(S(N)(=O)=O)c2)cc1.